The predicted molar refractivity (Wildman–Crippen MR) is 344 cm³/mol. The first kappa shape index (κ1) is 49.1. The Morgan fingerprint density at radius 3 is 0.950 bits per heavy atom. The molecule has 12 aromatic carbocycles. The third kappa shape index (κ3) is 8.15. The third-order valence-corrected chi connectivity index (χ3v) is 17.6. The first-order chi connectivity index (χ1) is 38.8. The molecule has 0 fully saturated rings. The van der Waals surface area contributed by atoms with Crippen LogP contribution in [0.5, 0.6) is 0 Å². The highest BCUT2D eigenvalue weighted by atomic mass is 15.1. The van der Waals surface area contributed by atoms with E-state index in [2.05, 4.69) is 308 Å². The van der Waals surface area contributed by atoms with Gasteiger partial charge in [0.25, 0.3) is 0 Å². The lowest BCUT2D eigenvalue weighted by atomic mass is 9.81. The molecule has 0 heterocycles. The van der Waals surface area contributed by atoms with E-state index in [0.717, 1.165) is 0 Å². The molecule has 0 bridgehead atoms. The molecule has 386 valence electrons. The first-order valence-electron chi connectivity index (χ1n) is 28.3. The SMILES string of the molecule is Cc1cccc(N(c2cccc(C)c2)c2ccc3c(c2)C(C)(C)c2cc(C=Cc4ccc5ccc6c(C=Cc7ccc8c(c7)C(C)(C)c7cc(N(c9cccc(C)c9)c9cccc(C)c9)ccc7-8)ccc7ccc4c5c76)ccc2-3)c1. The lowest BCUT2D eigenvalue weighted by Gasteiger charge is -2.28. The van der Waals surface area contributed by atoms with Crippen LogP contribution in [0.4, 0.5) is 34.1 Å². The molecular formula is C78H64N2. The van der Waals surface area contributed by atoms with Crippen molar-refractivity contribution in [3.05, 3.63) is 285 Å². The van der Waals surface area contributed by atoms with Crippen LogP contribution in [0.15, 0.2) is 218 Å². The monoisotopic (exact) mass is 1030 g/mol. The Labute approximate surface area is 471 Å². The highest BCUT2D eigenvalue weighted by Crippen LogP contribution is 2.53. The van der Waals surface area contributed by atoms with Crippen molar-refractivity contribution in [1.29, 1.82) is 0 Å². The van der Waals surface area contributed by atoms with E-state index >= 15 is 0 Å². The second-order valence-corrected chi connectivity index (χ2v) is 23.7. The molecule has 2 aliphatic carbocycles. The van der Waals surface area contributed by atoms with Gasteiger partial charge in [0, 0.05) is 45.0 Å². The minimum atomic E-state index is -0.185. The van der Waals surface area contributed by atoms with Gasteiger partial charge >= 0.3 is 0 Å². The van der Waals surface area contributed by atoms with Crippen LogP contribution in [-0.4, -0.2) is 0 Å². The number of anilines is 6. The Balaban J connectivity index is 0.754. The molecule has 2 heteroatoms. The van der Waals surface area contributed by atoms with E-state index in [1.807, 2.05) is 0 Å². The van der Waals surface area contributed by atoms with Crippen LogP contribution in [0.3, 0.4) is 0 Å². The summed E-state index contributed by atoms with van der Waals surface area (Å²) < 4.78 is 0. The summed E-state index contributed by atoms with van der Waals surface area (Å²) in [5, 5.41) is 7.72. The van der Waals surface area contributed by atoms with Gasteiger partial charge in [0.2, 0.25) is 0 Å². The molecule has 0 amide bonds. The molecule has 0 saturated heterocycles. The standard InChI is InChI=1S/C78H64N2/c1-49-13-9-17-59(41-49)79(60-18-10-14-50(2)42-60)63-33-39-69-67-35-23-53(45-71(67)77(5,6)73(69)47-63)21-25-55-27-29-57-32-38-66-56(28-30-58-31-37-65(55)75(57)76(58)66)26-22-54-24-36-68-70-40-34-64(48-74(70)78(7,8)72(68)46-54)80(61-19-11-15-51(3)43-61)62-20-12-16-52(4)44-62/h9-48H,1-8H3. The highest BCUT2D eigenvalue weighted by Gasteiger charge is 2.38. The Hall–Kier alpha value is -9.24. The maximum Gasteiger partial charge on any atom is 0.0465 e. The largest absolute Gasteiger partial charge is 0.310 e. The predicted octanol–water partition coefficient (Wildman–Crippen LogP) is 21.7. The van der Waals surface area contributed by atoms with Gasteiger partial charge in [0.15, 0.2) is 0 Å². The van der Waals surface area contributed by atoms with Gasteiger partial charge in [0.05, 0.1) is 0 Å². The first-order valence-corrected chi connectivity index (χ1v) is 28.3. The summed E-state index contributed by atoms with van der Waals surface area (Å²) >= 11 is 0. The van der Waals surface area contributed by atoms with E-state index in [1.165, 1.54) is 155 Å². The quantitative estimate of drug-likeness (QED) is 0.0995. The number of nitrogens with zero attached hydrogens (tertiary/aromatic N) is 2. The molecule has 0 aliphatic heterocycles. The fourth-order valence-corrected chi connectivity index (χ4v) is 13.4. The molecule has 0 spiro atoms. The minimum absolute atomic E-state index is 0.185. The average Bonchev–Trinajstić information content (AvgIpc) is 3.89. The number of rotatable bonds is 10. The number of aryl methyl sites for hydroxylation is 4. The van der Waals surface area contributed by atoms with Crippen molar-refractivity contribution in [2.75, 3.05) is 9.80 Å². The van der Waals surface area contributed by atoms with E-state index in [4.69, 9.17) is 0 Å². The van der Waals surface area contributed by atoms with Crippen LogP contribution in [0.1, 0.15) is 94.5 Å². The Bertz CT molecular complexity index is 4160. The van der Waals surface area contributed by atoms with Gasteiger partial charge in [-0.2, -0.15) is 0 Å². The van der Waals surface area contributed by atoms with Gasteiger partial charge in [-0.15, -0.1) is 0 Å². The number of hydrogen-bond acceptors (Lipinski definition) is 2. The summed E-state index contributed by atoms with van der Waals surface area (Å²) in [6, 6.07) is 82.0. The molecule has 0 N–H and O–H groups in total. The lowest BCUT2D eigenvalue weighted by molar-refractivity contribution is 0.660. The number of hydrogen-bond donors (Lipinski definition) is 0. The van der Waals surface area contributed by atoms with Gasteiger partial charge in [-0.3, -0.25) is 0 Å². The maximum absolute atomic E-state index is 2.43. The lowest BCUT2D eigenvalue weighted by Crippen LogP contribution is -2.16. The van der Waals surface area contributed by atoms with Crippen LogP contribution < -0.4 is 9.80 Å². The Morgan fingerprint density at radius 1 is 0.287 bits per heavy atom. The molecular weight excluding hydrogens is 965 g/mol. The molecule has 80 heavy (non-hydrogen) atoms. The summed E-state index contributed by atoms with van der Waals surface area (Å²) in [7, 11) is 0. The highest BCUT2D eigenvalue weighted by molar-refractivity contribution is 6.25. The summed E-state index contributed by atoms with van der Waals surface area (Å²) in [6.45, 7) is 18.2. The Kier molecular flexibility index (Phi) is 11.5. The van der Waals surface area contributed by atoms with Crippen LogP contribution in [-0.2, 0) is 10.8 Å². The van der Waals surface area contributed by atoms with E-state index in [9.17, 15) is 0 Å². The van der Waals surface area contributed by atoms with Gasteiger partial charge < -0.3 is 9.80 Å². The van der Waals surface area contributed by atoms with Gasteiger partial charge in [-0.25, -0.2) is 0 Å². The van der Waals surface area contributed by atoms with Crippen LogP contribution in [0.2, 0.25) is 0 Å². The number of fused-ring (bicyclic) bond motifs is 6. The van der Waals surface area contributed by atoms with Crippen molar-refractivity contribution >= 4 is 90.7 Å². The zero-order valence-corrected chi connectivity index (χ0v) is 47.0. The van der Waals surface area contributed by atoms with Gasteiger partial charge in [-0.05, 0) is 222 Å². The van der Waals surface area contributed by atoms with Crippen molar-refractivity contribution in [3.63, 3.8) is 0 Å². The fourth-order valence-electron chi connectivity index (χ4n) is 13.4. The Morgan fingerprint density at radius 2 is 0.600 bits per heavy atom. The van der Waals surface area contributed by atoms with Crippen molar-refractivity contribution in [2.24, 2.45) is 0 Å². The van der Waals surface area contributed by atoms with Crippen molar-refractivity contribution in [1.82, 2.24) is 0 Å². The van der Waals surface area contributed by atoms with Gasteiger partial charge in [-0.1, -0.05) is 198 Å². The zero-order valence-electron chi connectivity index (χ0n) is 47.0. The zero-order chi connectivity index (χ0) is 54.6. The second-order valence-electron chi connectivity index (χ2n) is 23.7. The average molecular weight is 1030 g/mol. The fraction of sp³-hybridized carbons (Fsp3) is 0.128. The normalized spacial score (nSPS) is 13.8. The molecule has 0 saturated carbocycles. The molecule has 2 aliphatic rings. The molecule has 0 unspecified atom stereocenters. The topological polar surface area (TPSA) is 6.48 Å². The molecule has 14 rings (SSSR count). The van der Waals surface area contributed by atoms with Crippen molar-refractivity contribution < 1.29 is 0 Å². The maximum atomic E-state index is 2.43. The van der Waals surface area contributed by atoms with Gasteiger partial charge in [0.1, 0.15) is 0 Å². The van der Waals surface area contributed by atoms with Crippen LogP contribution in [0.25, 0.3) is 78.9 Å². The summed E-state index contributed by atoms with van der Waals surface area (Å²) in [4.78, 5) is 4.80. The molecule has 0 aromatic heterocycles. The van der Waals surface area contributed by atoms with E-state index < -0.39 is 0 Å². The van der Waals surface area contributed by atoms with E-state index in [0.29, 0.717) is 0 Å². The minimum Gasteiger partial charge on any atom is -0.310 e. The van der Waals surface area contributed by atoms with E-state index in [-0.39, 0.29) is 10.8 Å². The molecule has 2 nitrogen and oxygen atoms in total. The van der Waals surface area contributed by atoms with E-state index in [1.54, 1.807) is 0 Å². The molecule has 12 aromatic rings. The van der Waals surface area contributed by atoms with Crippen LogP contribution in [0, 0.1) is 27.7 Å². The van der Waals surface area contributed by atoms with Crippen molar-refractivity contribution in [3.8, 4) is 22.3 Å². The van der Waals surface area contributed by atoms with Crippen molar-refractivity contribution in [2.45, 2.75) is 66.2 Å². The molecule has 0 atom stereocenters. The second kappa shape index (κ2) is 18.7. The molecule has 0 radical (unpaired) electrons. The smallest absolute Gasteiger partial charge is 0.0465 e. The summed E-state index contributed by atoms with van der Waals surface area (Å²) in [5.41, 5.74) is 27.2. The number of benzene rings is 12. The summed E-state index contributed by atoms with van der Waals surface area (Å²) in [5.74, 6) is 0. The summed E-state index contributed by atoms with van der Waals surface area (Å²) in [6.07, 6.45) is 9.26. The third-order valence-electron chi connectivity index (χ3n) is 17.6. The van der Waals surface area contributed by atoms with Crippen LogP contribution >= 0.6 is 0 Å².